The summed E-state index contributed by atoms with van der Waals surface area (Å²) in [6.07, 6.45) is 0. The van der Waals surface area contributed by atoms with Gasteiger partial charge in [0.05, 0.1) is 38.2 Å². The summed E-state index contributed by atoms with van der Waals surface area (Å²) in [6, 6.07) is 20.7. The number of methoxy groups -OCH3 is 1. The molecule has 0 spiro atoms. The number of nitrogens with one attached hydrogen (secondary N) is 2. The summed E-state index contributed by atoms with van der Waals surface area (Å²) in [4.78, 5) is 37.4. The molecule has 2 N–H and O–H groups in total. The van der Waals surface area contributed by atoms with Gasteiger partial charge in [-0.15, -0.1) is 10.2 Å². The molecule has 2 amide bonds. The van der Waals surface area contributed by atoms with Crippen LogP contribution in [0.3, 0.4) is 0 Å². The Morgan fingerprint density at radius 1 is 0.881 bits per heavy atom. The van der Waals surface area contributed by atoms with Gasteiger partial charge in [-0.3, -0.25) is 14.2 Å². The summed E-state index contributed by atoms with van der Waals surface area (Å²) in [5, 5.41) is 14.8. The van der Waals surface area contributed by atoms with Crippen molar-refractivity contribution >= 4 is 35.2 Å². The predicted octanol–water partition coefficient (Wildman–Crippen LogP) is 4.51. The molecule has 1 aromatic heterocycles. The van der Waals surface area contributed by atoms with E-state index in [1.54, 1.807) is 60.0 Å². The minimum absolute atomic E-state index is 0.0466. The van der Waals surface area contributed by atoms with Gasteiger partial charge in [-0.1, -0.05) is 17.8 Å². The van der Waals surface area contributed by atoms with E-state index in [9.17, 15) is 14.4 Å². The van der Waals surface area contributed by atoms with Crippen molar-refractivity contribution < 1.29 is 28.6 Å². The molecule has 0 radical (unpaired) electrons. The molecule has 0 saturated heterocycles. The lowest BCUT2D eigenvalue weighted by molar-refractivity contribution is -0.113. The largest absolute Gasteiger partial charge is 0.497 e. The Morgan fingerprint density at radius 2 is 1.64 bits per heavy atom. The molecular weight excluding hydrogens is 558 g/mol. The van der Waals surface area contributed by atoms with Crippen LogP contribution in [0.2, 0.25) is 0 Å². The average molecular weight is 590 g/mol. The lowest BCUT2D eigenvalue weighted by Gasteiger charge is -2.12. The average Bonchev–Trinajstić information content (AvgIpc) is 3.42. The molecule has 0 fully saturated rings. The number of thioether (sulfide) groups is 1. The van der Waals surface area contributed by atoms with Crippen LogP contribution >= 0.6 is 11.8 Å². The van der Waals surface area contributed by atoms with E-state index in [1.165, 1.54) is 18.9 Å². The smallest absolute Gasteiger partial charge is 0.338 e. The van der Waals surface area contributed by atoms with E-state index in [4.69, 9.17) is 14.2 Å². The van der Waals surface area contributed by atoms with Crippen molar-refractivity contribution in [1.29, 1.82) is 0 Å². The zero-order valence-corrected chi connectivity index (χ0v) is 24.3. The van der Waals surface area contributed by atoms with Crippen molar-refractivity contribution in [3.8, 4) is 17.2 Å². The molecule has 12 heteroatoms. The third kappa shape index (κ3) is 7.88. The van der Waals surface area contributed by atoms with Gasteiger partial charge in [-0.25, -0.2) is 4.79 Å². The van der Waals surface area contributed by atoms with Crippen LogP contribution in [0, 0.1) is 0 Å². The van der Waals surface area contributed by atoms with Gasteiger partial charge in [-0.2, -0.15) is 0 Å². The van der Waals surface area contributed by atoms with Gasteiger partial charge in [0.2, 0.25) is 5.91 Å². The standard InChI is InChI=1S/C30H31N5O6S/c1-4-40-24-15-13-23(14-16-24)35-26(18-31-28(37)21-7-6-8-25(17-21)39-3)33-34-30(35)42-19-27(36)32-22-11-9-20(10-12-22)29(38)41-5-2/h6-17H,4-5,18-19H2,1-3H3,(H,31,37)(H,32,36). The monoisotopic (exact) mass is 589 g/mol. The summed E-state index contributed by atoms with van der Waals surface area (Å²) < 4.78 is 17.5. The number of ether oxygens (including phenoxy) is 3. The summed E-state index contributed by atoms with van der Waals surface area (Å²) in [5.41, 5.74) is 2.14. The minimum Gasteiger partial charge on any atom is -0.497 e. The first-order valence-corrected chi connectivity index (χ1v) is 14.2. The third-order valence-electron chi connectivity index (χ3n) is 5.86. The van der Waals surface area contributed by atoms with E-state index in [1.807, 2.05) is 31.2 Å². The molecule has 0 unspecified atom stereocenters. The molecule has 4 rings (SSSR count). The molecule has 3 aromatic carbocycles. The summed E-state index contributed by atoms with van der Waals surface area (Å²) in [6.45, 7) is 4.56. The number of carbonyl (C=O) groups is 3. The number of aromatic nitrogens is 3. The molecule has 0 aliphatic carbocycles. The van der Waals surface area contributed by atoms with Crippen LogP contribution < -0.4 is 20.1 Å². The van der Waals surface area contributed by atoms with E-state index in [2.05, 4.69) is 20.8 Å². The molecule has 1 heterocycles. The number of amides is 2. The van der Waals surface area contributed by atoms with Crippen LogP contribution in [-0.2, 0) is 16.1 Å². The van der Waals surface area contributed by atoms with Crippen molar-refractivity contribution in [2.75, 3.05) is 31.4 Å². The number of nitrogens with zero attached hydrogens (tertiary/aromatic N) is 3. The van der Waals surface area contributed by atoms with Gasteiger partial charge in [0, 0.05) is 16.9 Å². The fraction of sp³-hybridized carbons (Fsp3) is 0.233. The van der Waals surface area contributed by atoms with Gasteiger partial charge < -0.3 is 24.8 Å². The minimum atomic E-state index is -0.421. The molecule has 218 valence electrons. The highest BCUT2D eigenvalue weighted by Gasteiger charge is 2.18. The summed E-state index contributed by atoms with van der Waals surface area (Å²) >= 11 is 1.20. The number of benzene rings is 3. The first-order valence-electron chi connectivity index (χ1n) is 13.2. The molecule has 0 bridgehead atoms. The molecule has 0 aliphatic rings. The first-order chi connectivity index (χ1) is 20.4. The van der Waals surface area contributed by atoms with Crippen molar-refractivity contribution in [2.45, 2.75) is 25.5 Å². The van der Waals surface area contributed by atoms with Crippen molar-refractivity contribution in [1.82, 2.24) is 20.1 Å². The summed E-state index contributed by atoms with van der Waals surface area (Å²) in [7, 11) is 1.54. The lowest BCUT2D eigenvalue weighted by Crippen LogP contribution is -2.24. The Balaban J connectivity index is 1.47. The SMILES string of the molecule is CCOC(=O)c1ccc(NC(=O)CSc2nnc(CNC(=O)c3cccc(OC)c3)n2-c2ccc(OCC)cc2)cc1. The van der Waals surface area contributed by atoms with Crippen LogP contribution in [0.5, 0.6) is 11.5 Å². The Morgan fingerprint density at radius 3 is 2.33 bits per heavy atom. The number of anilines is 1. The van der Waals surface area contributed by atoms with E-state index in [0.29, 0.717) is 45.9 Å². The second-order valence-corrected chi connectivity index (χ2v) is 9.65. The fourth-order valence-electron chi connectivity index (χ4n) is 3.88. The van der Waals surface area contributed by atoms with Crippen LogP contribution in [0.4, 0.5) is 5.69 Å². The summed E-state index contributed by atoms with van der Waals surface area (Å²) in [5.74, 6) is 0.834. The van der Waals surface area contributed by atoms with E-state index in [-0.39, 0.29) is 30.7 Å². The zero-order chi connectivity index (χ0) is 29.9. The zero-order valence-electron chi connectivity index (χ0n) is 23.5. The Labute approximate surface area is 247 Å². The van der Waals surface area contributed by atoms with Crippen LogP contribution in [0.15, 0.2) is 78.0 Å². The second kappa shape index (κ2) is 14.7. The van der Waals surface area contributed by atoms with Crippen molar-refractivity contribution in [2.24, 2.45) is 0 Å². The first kappa shape index (κ1) is 30.1. The van der Waals surface area contributed by atoms with Gasteiger partial charge in [-0.05, 0) is 80.6 Å². The fourth-order valence-corrected chi connectivity index (χ4v) is 4.65. The van der Waals surface area contributed by atoms with Gasteiger partial charge in [0.25, 0.3) is 5.91 Å². The Hall–Kier alpha value is -4.84. The van der Waals surface area contributed by atoms with Crippen molar-refractivity contribution in [3.63, 3.8) is 0 Å². The van der Waals surface area contributed by atoms with Crippen LogP contribution in [0.1, 0.15) is 40.4 Å². The van der Waals surface area contributed by atoms with E-state index < -0.39 is 5.97 Å². The number of esters is 1. The predicted molar refractivity (Wildman–Crippen MR) is 158 cm³/mol. The number of carbonyl (C=O) groups excluding carboxylic acids is 3. The Kier molecular flexibility index (Phi) is 10.5. The van der Waals surface area contributed by atoms with Crippen molar-refractivity contribution in [3.05, 3.63) is 89.7 Å². The highest BCUT2D eigenvalue weighted by molar-refractivity contribution is 7.99. The maximum absolute atomic E-state index is 12.8. The molecule has 0 aliphatic heterocycles. The normalized spacial score (nSPS) is 10.5. The molecule has 4 aromatic rings. The lowest BCUT2D eigenvalue weighted by atomic mass is 10.2. The number of rotatable bonds is 13. The Bertz CT molecular complexity index is 1520. The molecule has 42 heavy (non-hydrogen) atoms. The maximum atomic E-state index is 12.8. The van der Waals surface area contributed by atoms with Crippen LogP contribution in [-0.4, -0.2) is 58.6 Å². The molecular formula is C30H31N5O6S. The maximum Gasteiger partial charge on any atom is 0.338 e. The quantitative estimate of drug-likeness (QED) is 0.171. The molecule has 0 atom stereocenters. The topological polar surface area (TPSA) is 134 Å². The van der Waals surface area contributed by atoms with E-state index >= 15 is 0 Å². The highest BCUT2D eigenvalue weighted by atomic mass is 32.2. The van der Waals surface area contributed by atoms with Gasteiger partial charge >= 0.3 is 5.97 Å². The van der Waals surface area contributed by atoms with Gasteiger partial charge in [0.15, 0.2) is 11.0 Å². The molecule has 11 nitrogen and oxygen atoms in total. The van der Waals surface area contributed by atoms with Gasteiger partial charge in [0.1, 0.15) is 11.5 Å². The second-order valence-electron chi connectivity index (χ2n) is 8.71. The number of hydrogen-bond donors (Lipinski definition) is 2. The number of hydrogen-bond acceptors (Lipinski definition) is 9. The molecule has 0 saturated carbocycles. The van der Waals surface area contributed by atoms with Crippen LogP contribution in [0.25, 0.3) is 5.69 Å². The van der Waals surface area contributed by atoms with E-state index in [0.717, 1.165) is 5.69 Å². The highest BCUT2D eigenvalue weighted by Crippen LogP contribution is 2.24. The third-order valence-corrected chi connectivity index (χ3v) is 6.79.